The van der Waals surface area contributed by atoms with Crippen LogP contribution in [0.5, 0.6) is 0 Å². The molecule has 118 valence electrons. The predicted molar refractivity (Wildman–Crippen MR) is 81.2 cm³/mol. The number of amides is 2. The number of piperazine rings is 1. The largest absolute Gasteiger partial charge is 0.354 e. The Kier molecular flexibility index (Phi) is 4.22. The van der Waals surface area contributed by atoms with E-state index in [1.807, 2.05) is 17.0 Å². The van der Waals surface area contributed by atoms with Crippen LogP contribution in [-0.4, -0.2) is 71.1 Å². The van der Waals surface area contributed by atoms with Crippen LogP contribution in [0.2, 0.25) is 0 Å². The molecule has 0 unspecified atom stereocenters. The van der Waals surface area contributed by atoms with E-state index in [1.54, 1.807) is 18.0 Å². The van der Waals surface area contributed by atoms with Crippen LogP contribution in [0.15, 0.2) is 18.3 Å². The Hall–Kier alpha value is -2.18. The molecule has 7 nitrogen and oxygen atoms in total. The van der Waals surface area contributed by atoms with Gasteiger partial charge < -0.3 is 14.7 Å². The molecule has 3 heterocycles. The van der Waals surface area contributed by atoms with Gasteiger partial charge in [-0.3, -0.25) is 9.59 Å². The minimum atomic E-state index is 0.0193. The Morgan fingerprint density at radius 2 is 1.86 bits per heavy atom. The quantitative estimate of drug-likeness (QED) is 0.769. The van der Waals surface area contributed by atoms with Crippen molar-refractivity contribution in [1.82, 2.24) is 20.0 Å². The fraction of sp³-hybridized carbons (Fsp3) is 0.600. The molecule has 2 saturated heterocycles. The highest BCUT2D eigenvalue weighted by Gasteiger charge is 2.33. The molecular weight excluding hydrogens is 282 g/mol. The third-order valence-electron chi connectivity index (χ3n) is 4.46. The fourth-order valence-electron chi connectivity index (χ4n) is 3.13. The number of carbonyl (C=O) groups is 2. The van der Waals surface area contributed by atoms with E-state index >= 15 is 0 Å². The minimum Gasteiger partial charge on any atom is -0.354 e. The zero-order valence-electron chi connectivity index (χ0n) is 12.8. The first-order valence-electron chi connectivity index (χ1n) is 7.72. The first kappa shape index (κ1) is 14.7. The topological polar surface area (TPSA) is 69.6 Å². The van der Waals surface area contributed by atoms with Gasteiger partial charge in [-0.2, -0.15) is 5.10 Å². The van der Waals surface area contributed by atoms with E-state index < -0.39 is 0 Å². The van der Waals surface area contributed by atoms with E-state index in [-0.39, 0.29) is 17.7 Å². The first-order valence-corrected chi connectivity index (χ1v) is 7.72. The molecule has 0 bridgehead atoms. The molecule has 0 saturated carbocycles. The van der Waals surface area contributed by atoms with Crippen molar-refractivity contribution in [3.63, 3.8) is 0 Å². The van der Waals surface area contributed by atoms with E-state index in [1.165, 1.54) is 0 Å². The maximum atomic E-state index is 12.6. The van der Waals surface area contributed by atoms with Crippen LogP contribution >= 0.6 is 0 Å². The number of aromatic nitrogens is 2. The average molecular weight is 303 g/mol. The number of rotatable bonds is 2. The van der Waals surface area contributed by atoms with Crippen LogP contribution in [0.1, 0.15) is 13.3 Å². The summed E-state index contributed by atoms with van der Waals surface area (Å²) in [6.07, 6.45) is 2.50. The van der Waals surface area contributed by atoms with Gasteiger partial charge >= 0.3 is 0 Å². The maximum Gasteiger partial charge on any atom is 0.227 e. The molecule has 0 aromatic carbocycles. The van der Waals surface area contributed by atoms with Crippen molar-refractivity contribution in [2.75, 3.05) is 44.2 Å². The van der Waals surface area contributed by atoms with Gasteiger partial charge in [0.15, 0.2) is 5.82 Å². The number of hydrogen-bond acceptors (Lipinski definition) is 5. The summed E-state index contributed by atoms with van der Waals surface area (Å²) in [5.41, 5.74) is 0. The number of nitrogens with zero attached hydrogens (tertiary/aromatic N) is 5. The molecule has 1 atom stereocenters. The summed E-state index contributed by atoms with van der Waals surface area (Å²) in [4.78, 5) is 29.7. The highest BCUT2D eigenvalue weighted by molar-refractivity contribution is 5.81. The average Bonchev–Trinajstić information content (AvgIpc) is 3.05. The smallest absolute Gasteiger partial charge is 0.227 e. The molecule has 1 aromatic heterocycles. The van der Waals surface area contributed by atoms with Gasteiger partial charge in [-0.15, -0.1) is 5.10 Å². The lowest BCUT2D eigenvalue weighted by Gasteiger charge is -2.35. The van der Waals surface area contributed by atoms with Crippen molar-refractivity contribution in [2.45, 2.75) is 13.3 Å². The van der Waals surface area contributed by atoms with Crippen molar-refractivity contribution in [3.05, 3.63) is 18.3 Å². The Morgan fingerprint density at radius 3 is 2.50 bits per heavy atom. The van der Waals surface area contributed by atoms with E-state index in [0.29, 0.717) is 32.7 Å². The molecule has 22 heavy (non-hydrogen) atoms. The Morgan fingerprint density at radius 1 is 1.14 bits per heavy atom. The monoisotopic (exact) mass is 303 g/mol. The van der Waals surface area contributed by atoms with Crippen LogP contribution in [0.3, 0.4) is 0 Å². The van der Waals surface area contributed by atoms with Gasteiger partial charge in [0.25, 0.3) is 0 Å². The van der Waals surface area contributed by atoms with Crippen molar-refractivity contribution < 1.29 is 9.59 Å². The van der Waals surface area contributed by atoms with E-state index in [0.717, 1.165) is 18.8 Å². The molecule has 2 aliphatic heterocycles. The number of hydrogen-bond donors (Lipinski definition) is 0. The summed E-state index contributed by atoms with van der Waals surface area (Å²) < 4.78 is 0. The Balaban J connectivity index is 1.55. The molecule has 1 aromatic rings. The van der Waals surface area contributed by atoms with E-state index in [4.69, 9.17) is 0 Å². The molecule has 0 spiro atoms. The summed E-state index contributed by atoms with van der Waals surface area (Å²) in [7, 11) is 0. The predicted octanol–water partition coefficient (Wildman–Crippen LogP) is -0.00640. The summed E-state index contributed by atoms with van der Waals surface area (Å²) in [6.45, 7) is 5.67. The van der Waals surface area contributed by atoms with Gasteiger partial charge in [-0.25, -0.2) is 0 Å². The molecule has 0 aliphatic carbocycles. The zero-order valence-corrected chi connectivity index (χ0v) is 12.8. The highest BCUT2D eigenvalue weighted by atomic mass is 16.2. The molecule has 3 rings (SSSR count). The summed E-state index contributed by atoms with van der Waals surface area (Å²) in [6, 6.07) is 3.78. The van der Waals surface area contributed by atoms with E-state index in [2.05, 4.69) is 15.1 Å². The molecular formula is C15H21N5O2. The van der Waals surface area contributed by atoms with Crippen molar-refractivity contribution in [3.8, 4) is 0 Å². The van der Waals surface area contributed by atoms with Gasteiger partial charge in [0.2, 0.25) is 11.8 Å². The normalized spacial score (nSPS) is 22.0. The maximum absolute atomic E-state index is 12.6. The SMILES string of the molecule is CC(=O)N1CCN(C(=O)[C@H]2CCN(c3cccnn3)C2)CC1. The molecule has 0 N–H and O–H groups in total. The molecule has 0 radical (unpaired) electrons. The van der Waals surface area contributed by atoms with Crippen LogP contribution in [-0.2, 0) is 9.59 Å². The van der Waals surface area contributed by atoms with Crippen LogP contribution in [0.25, 0.3) is 0 Å². The highest BCUT2D eigenvalue weighted by Crippen LogP contribution is 2.23. The van der Waals surface area contributed by atoms with Crippen molar-refractivity contribution >= 4 is 17.6 Å². The van der Waals surface area contributed by atoms with Crippen molar-refractivity contribution in [2.24, 2.45) is 5.92 Å². The first-order chi connectivity index (χ1) is 10.6. The second-order valence-electron chi connectivity index (χ2n) is 5.84. The van der Waals surface area contributed by atoms with Gasteiger partial charge in [0.05, 0.1) is 5.92 Å². The lowest BCUT2D eigenvalue weighted by molar-refractivity contribution is -0.140. The standard InChI is InChI=1S/C15H21N5O2/c1-12(21)18-7-9-19(10-8-18)15(22)13-4-6-20(11-13)14-3-2-5-16-17-14/h2-3,5,13H,4,6-11H2,1H3/t13-/m0/s1. The lowest BCUT2D eigenvalue weighted by Crippen LogP contribution is -2.51. The summed E-state index contributed by atoms with van der Waals surface area (Å²) >= 11 is 0. The van der Waals surface area contributed by atoms with Gasteiger partial charge in [0, 0.05) is 52.4 Å². The van der Waals surface area contributed by atoms with Gasteiger partial charge in [-0.1, -0.05) is 0 Å². The third-order valence-corrected chi connectivity index (χ3v) is 4.46. The van der Waals surface area contributed by atoms with Gasteiger partial charge in [-0.05, 0) is 18.6 Å². The molecule has 2 amide bonds. The zero-order chi connectivity index (χ0) is 15.5. The Bertz CT molecular complexity index is 542. The van der Waals surface area contributed by atoms with Crippen LogP contribution in [0, 0.1) is 5.92 Å². The molecule has 7 heteroatoms. The van der Waals surface area contributed by atoms with Crippen molar-refractivity contribution in [1.29, 1.82) is 0 Å². The number of anilines is 1. The second kappa shape index (κ2) is 6.29. The van der Waals surface area contributed by atoms with Gasteiger partial charge in [0.1, 0.15) is 0 Å². The third kappa shape index (κ3) is 3.03. The van der Waals surface area contributed by atoms with E-state index in [9.17, 15) is 9.59 Å². The lowest BCUT2D eigenvalue weighted by atomic mass is 10.1. The van der Waals surface area contributed by atoms with Crippen LogP contribution < -0.4 is 4.90 Å². The fourth-order valence-corrected chi connectivity index (χ4v) is 3.13. The summed E-state index contributed by atoms with van der Waals surface area (Å²) in [5, 5.41) is 7.99. The Labute approximate surface area is 129 Å². The molecule has 2 fully saturated rings. The summed E-state index contributed by atoms with van der Waals surface area (Å²) in [5.74, 6) is 1.14. The second-order valence-corrected chi connectivity index (χ2v) is 5.84. The van der Waals surface area contributed by atoms with Crippen LogP contribution in [0.4, 0.5) is 5.82 Å². The minimum absolute atomic E-state index is 0.0193. The molecule has 2 aliphatic rings. The number of carbonyl (C=O) groups excluding carboxylic acids is 2.